The summed E-state index contributed by atoms with van der Waals surface area (Å²) < 4.78 is 19.9. The molecule has 0 aliphatic carbocycles. The number of carbonyl (C=O) groups is 1. The number of nitrogens with zero attached hydrogens (tertiary/aromatic N) is 5. The SMILES string of the molecule is O=C(Nc1ccc(F)cc1)Nc1cnn(-c2ncncc2N2CCOCC2)c1. The number of carbonyl (C=O) groups excluding carboxylic acids is 1. The Bertz CT molecular complexity index is 955. The summed E-state index contributed by atoms with van der Waals surface area (Å²) in [6.07, 6.45) is 6.38. The van der Waals surface area contributed by atoms with Crippen LogP contribution >= 0.6 is 0 Å². The highest BCUT2D eigenvalue weighted by Crippen LogP contribution is 2.22. The van der Waals surface area contributed by atoms with E-state index in [1.54, 1.807) is 17.1 Å². The molecule has 2 N–H and O–H groups in total. The summed E-state index contributed by atoms with van der Waals surface area (Å²) in [4.78, 5) is 22.7. The van der Waals surface area contributed by atoms with E-state index in [9.17, 15) is 9.18 Å². The molecule has 0 unspecified atom stereocenters. The van der Waals surface area contributed by atoms with Gasteiger partial charge >= 0.3 is 6.03 Å². The summed E-state index contributed by atoms with van der Waals surface area (Å²) in [6.45, 7) is 2.77. The number of anilines is 3. The lowest BCUT2D eigenvalue weighted by Gasteiger charge is -2.29. The van der Waals surface area contributed by atoms with Crippen molar-refractivity contribution in [3.05, 3.63) is 55.0 Å². The number of hydrogen-bond donors (Lipinski definition) is 2. The lowest BCUT2D eigenvalue weighted by atomic mass is 10.3. The quantitative estimate of drug-likeness (QED) is 0.717. The topological polar surface area (TPSA) is 97.2 Å². The molecule has 1 aromatic carbocycles. The largest absolute Gasteiger partial charge is 0.378 e. The van der Waals surface area contributed by atoms with Crippen molar-refractivity contribution < 1.29 is 13.9 Å². The van der Waals surface area contributed by atoms with E-state index in [1.165, 1.54) is 36.8 Å². The van der Waals surface area contributed by atoms with Gasteiger partial charge in [-0.2, -0.15) is 5.10 Å². The Morgan fingerprint density at radius 1 is 1.07 bits per heavy atom. The van der Waals surface area contributed by atoms with Gasteiger partial charge in [0.05, 0.1) is 37.5 Å². The average Bonchev–Trinajstić information content (AvgIpc) is 3.18. The summed E-state index contributed by atoms with van der Waals surface area (Å²) in [5.74, 6) is 0.247. The van der Waals surface area contributed by atoms with Crippen LogP contribution in [0.25, 0.3) is 5.82 Å². The van der Waals surface area contributed by atoms with E-state index in [0.29, 0.717) is 30.4 Å². The number of ether oxygens (including phenoxy) is 1. The third kappa shape index (κ3) is 4.07. The van der Waals surface area contributed by atoms with Crippen LogP contribution in [-0.2, 0) is 4.74 Å². The minimum absolute atomic E-state index is 0.367. The van der Waals surface area contributed by atoms with E-state index >= 15 is 0 Å². The molecule has 0 spiro atoms. The van der Waals surface area contributed by atoms with Crippen LogP contribution in [0.15, 0.2) is 49.2 Å². The molecule has 2 aromatic heterocycles. The van der Waals surface area contributed by atoms with Crippen LogP contribution in [0, 0.1) is 5.82 Å². The maximum absolute atomic E-state index is 12.9. The standard InChI is InChI=1S/C18H18FN7O2/c19-13-1-3-14(4-2-13)23-18(27)24-15-9-22-26(11-15)17-16(10-20-12-21-17)25-5-7-28-8-6-25/h1-4,9-12H,5-8H2,(H2,23,24,27). The second-order valence-electron chi connectivity index (χ2n) is 6.09. The molecule has 0 radical (unpaired) electrons. The molecule has 4 rings (SSSR count). The van der Waals surface area contributed by atoms with Crippen molar-refractivity contribution in [2.75, 3.05) is 41.8 Å². The molecule has 10 heteroatoms. The Morgan fingerprint density at radius 2 is 1.82 bits per heavy atom. The Labute approximate surface area is 160 Å². The molecule has 144 valence electrons. The fraction of sp³-hybridized carbons (Fsp3) is 0.222. The molecule has 1 aliphatic heterocycles. The first-order chi connectivity index (χ1) is 13.7. The first-order valence-corrected chi connectivity index (χ1v) is 8.70. The predicted molar refractivity (Wildman–Crippen MR) is 101 cm³/mol. The fourth-order valence-electron chi connectivity index (χ4n) is 2.85. The van der Waals surface area contributed by atoms with Crippen molar-refractivity contribution in [3.8, 4) is 5.82 Å². The number of benzene rings is 1. The Kier molecular flexibility index (Phi) is 5.11. The van der Waals surface area contributed by atoms with Crippen LogP contribution in [0.4, 0.5) is 26.2 Å². The maximum Gasteiger partial charge on any atom is 0.323 e. The Hall–Kier alpha value is -3.53. The molecular formula is C18H18FN7O2. The minimum atomic E-state index is -0.456. The maximum atomic E-state index is 12.9. The molecule has 1 aliphatic rings. The highest BCUT2D eigenvalue weighted by atomic mass is 19.1. The Balaban J connectivity index is 1.47. The van der Waals surface area contributed by atoms with E-state index in [2.05, 4.69) is 30.6 Å². The summed E-state index contributed by atoms with van der Waals surface area (Å²) in [5, 5.41) is 9.61. The highest BCUT2D eigenvalue weighted by Gasteiger charge is 2.18. The zero-order chi connectivity index (χ0) is 19.3. The summed E-state index contributed by atoms with van der Waals surface area (Å²) in [6, 6.07) is 5.05. The predicted octanol–water partition coefficient (Wildman–Crippen LogP) is 2.28. The highest BCUT2D eigenvalue weighted by molar-refractivity contribution is 5.99. The van der Waals surface area contributed by atoms with Crippen molar-refractivity contribution in [1.29, 1.82) is 0 Å². The van der Waals surface area contributed by atoms with Gasteiger partial charge in [0.15, 0.2) is 5.82 Å². The van der Waals surface area contributed by atoms with E-state index in [-0.39, 0.29) is 5.82 Å². The van der Waals surface area contributed by atoms with Gasteiger partial charge in [-0.15, -0.1) is 0 Å². The average molecular weight is 383 g/mol. The van der Waals surface area contributed by atoms with Gasteiger partial charge in [-0.1, -0.05) is 0 Å². The fourth-order valence-corrected chi connectivity index (χ4v) is 2.85. The number of urea groups is 1. The van der Waals surface area contributed by atoms with Gasteiger partial charge in [0.1, 0.15) is 17.8 Å². The summed E-state index contributed by atoms with van der Waals surface area (Å²) in [7, 11) is 0. The second kappa shape index (κ2) is 8.01. The number of hydrogen-bond acceptors (Lipinski definition) is 6. The van der Waals surface area contributed by atoms with Crippen LogP contribution in [0.2, 0.25) is 0 Å². The zero-order valence-electron chi connectivity index (χ0n) is 14.9. The molecule has 2 amide bonds. The van der Waals surface area contributed by atoms with Gasteiger partial charge in [-0.3, -0.25) is 0 Å². The lowest BCUT2D eigenvalue weighted by molar-refractivity contribution is 0.122. The molecule has 1 fully saturated rings. The number of aromatic nitrogens is 4. The van der Waals surface area contributed by atoms with E-state index in [1.807, 2.05) is 0 Å². The molecule has 28 heavy (non-hydrogen) atoms. The molecule has 9 nitrogen and oxygen atoms in total. The van der Waals surface area contributed by atoms with Gasteiger partial charge in [0.25, 0.3) is 0 Å². The first-order valence-electron chi connectivity index (χ1n) is 8.70. The molecule has 0 bridgehead atoms. The molecule has 3 aromatic rings. The third-order valence-electron chi connectivity index (χ3n) is 4.18. The van der Waals surface area contributed by atoms with Crippen LogP contribution < -0.4 is 15.5 Å². The van der Waals surface area contributed by atoms with Gasteiger partial charge in [0.2, 0.25) is 0 Å². The van der Waals surface area contributed by atoms with E-state index in [4.69, 9.17) is 4.74 Å². The lowest BCUT2D eigenvalue weighted by Crippen LogP contribution is -2.37. The van der Waals surface area contributed by atoms with Crippen molar-refractivity contribution in [1.82, 2.24) is 19.7 Å². The van der Waals surface area contributed by atoms with Gasteiger partial charge in [0, 0.05) is 18.8 Å². The number of rotatable bonds is 4. The molecule has 1 saturated heterocycles. The van der Waals surface area contributed by atoms with Crippen molar-refractivity contribution in [2.24, 2.45) is 0 Å². The monoisotopic (exact) mass is 383 g/mol. The van der Waals surface area contributed by atoms with Gasteiger partial charge in [-0.25, -0.2) is 23.8 Å². The second-order valence-corrected chi connectivity index (χ2v) is 6.09. The zero-order valence-corrected chi connectivity index (χ0v) is 14.9. The number of nitrogens with one attached hydrogen (secondary N) is 2. The third-order valence-corrected chi connectivity index (χ3v) is 4.18. The van der Waals surface area contributed by atoms with Crippen LogP contribution in [0.3, 0.4) is 0 Å². The van der Waals surface area contributed by atoms with Crippen molar-refractivity contribution >= 4 is 23.1 Å². The number of amides is 2. The van der Waals surface area contributed by atoms with Gasteiger partial charge < -0.3 is 20.3 Å². The number of morpholine rings is 1. The Morgan fingerprint density at radius 3 is 2.61 bits per heavy atom. The van der Waals surface area contributed by atoms with Crippen LogP contribution in [0.1, 0.15) is 0 Å². The van der Waals surface area contributed by atoms with Crippen LogP contribution in [-0.4, -0.2) is 52.1 Å². The summed E-state index contributed by atoms with van der Waals surface area (Å²) >= 11 is 0. The minimum Gasteiger partial charge on any atom is -0.378 e. The summed E-state index contributed by atoms with van der Waals surface area (Å²) in [5.41, 5.74) is 1.82. The normalized spacial score (nSPS) is 14.0. The van der Waals surface area contributed by atoms with E-state index in [0.717, 1.165) is 18.8 Å². The molecular weight excluding hydrogens is 365 g/mol. The molecule has 3 heterocycles. The van der Waals surface area contributed by atoms with Crippen LogP contribution in [0.5, 0.6) is 0 Å². The molecule has 0 saturated carbocycles. The first kappa shape index (κ1) is 17.9. The van der Waals surface area contributed by atoms with E-state index < -0.39 is 6.03 Å². The van der Waals surface area contributed by atoms with Gasteiger partial charge in [-0.05, 0) is 24.3 Å². The smallest absolute Gasteiger partial charge is 0.323 e. The number of halogens is 1. The molecule has 0 atom stereocenters. The van der Waals surface area contributed by atoms with Crippen molar-refractivity contribution in [3.63, 3.8) is 0 Å². The van der Waals surface area contributed by atoms with Crippen molar-refractivity contribution in [2.45, 2.75) is 0 Å².